The van der Waals surface area contributed by atoms with Crippen LogP contribution in [-0.2, 0) is 29.1 Å². The van der Waals surface area contributed by atoms with E-state index >= 15 is 0 Å². The summed E-state index contributed by atoms with van der Waals surface area (Å²) in [7, 11) is 0. The van der Waals surface area contributed by atoms with Gasteiger partial charge in [0.2, 0.25) is 0 Å². The second-order valence-electron chi connectivity index (χ2n) is 7.25. The molecule has 9 heteroatoms. The molecular weight excluding hydrogens is 418 g/mol. The van der Waals surface area contributed by atoms with Gasteiger partial charge in [-0.15, -0.1) is 5.06 Å². The third-order valence-corrected chi connectivity index (χ3v) is 5.17. The van der Waals surface area contributed by atoms with Crippen molar-refractivity contribution in [1.82, 2.24) is 14.8 Å². The lowest BCUT2D eigenvalue weighted by Crippen LogP contribution is -2.33. The first-order chi connectivity index (χ1) is 15.5. The largest absolute Gasteiger partial charge is 0.527 e. The molecule has 7 nitrogen and oxygen atoms in total. The van der Waals surface area contributed by atoms with E-state index in [1.54, 1.807) is 29.8 Å². The summed E-state index contributed by atoms with van der Waals surface area (Å²) in [5.41, 5.74) is 3.77. The molecule has 0 spiro atoms. The second kappa shape index (κ2) is 9.16. The highest BCUT2D eigenvalue weighted by atomic mass is 19.1. The van der Waals surface area contributed by atoms with Crippen molar-refractivity contribution in [2.24, 2.45) is 0 Å². The summed E-state index contributed by atoms with van der Waals surface area (Å²) in [6.07, 6.45) is -0.299. The summed E-state index contributed by atoms with van der Waals surface area (Å²) in [6.45, 7) is 2.66. The number of nitrogens with zero attached hydrogens (tertiary/aromatic N) is 4. The molecule has 164 valence electrons. The van der Waals surface area contributed by atoms with Crippen LogP contribution in [0.3, 0.4) is 0 Å². The molecule has 0 radical (unpaired) electrons. The Balaban J connectivity index is 1.72. The minimum Gasteiger partial charge on any atom is -0.433 e. The number of halogens is 2. The molecule has 0 saturated carbocycles. The third kappa shape index (κ3) is 4.45. The van der Waals surface area contributed by atoms with Crippen LogP contribution in [0.15, 0.2) is 42.5 Å². The number of fused-ring (bicyclic) bond motifs is 1. The molecule has 0 fully saturated rings. The van der Waals surface area contributed by atoms with Gasteiger partial charge in [-0.1, -0.05) is 18.2 Å². The van der Waals surface area contributed by atoms with E-state index in [-0.39, 0.29) is 19.7 Å². The van der Waals surface area contributed by atoms with E-state index in [9.17, 15) is 18.8 Å². The van der Waals surface area contributed by atoms with Crippen molar-refractivity contribution in [3.63, 3.8) is 0 Å². The number of rotatable bonds is 5. The van der Waals surface area contributed by atoms with E-state index in [0.29, 0.717) is 29.8 Å². The quantitative estimate of drug-likeness (QED) is 0.556. The number of hydroxylamine groups is 2. The molecule has 32 heavy (non-hydrogen) atoms. The number of hydrogen-bond donors (Lipinski definition) is 0. The van der Waals surface area contributed by atoms with E-state index in [1.165, 1.54) is 17.2 Å². The summed E-state index contributed by atoms with van der Waals surface area (Å²) >= 11 is 0. The van der Waals surface area contributed by atoms with E-state index in [4.69, 9.17) is 14.7 Å². The minimum absolute atomic E-state index is 0.116. The molecule has 3 aromatic rings. The van der Waals surface area contributed by atoms with Gasteiger partial charge in [0, 0.05) is 41.4 Å². The minimum atomic E-state index is -0.787. The fourth-order valence-corrected chi connectivity index (χ4v) is 3.70. The zero-order chi connectivity index (χ0) is 22.7. The predicted octanol–water partition coefficient (Wildman–Crippen LogP) is 4.19. The molecule has 4 rings (SSSR count). The van der Waals surface area contributed by atoms with Crippen LogP contribution < -0.4 is 0 Å². The monoisotopic (exact) mass is 438 g/mol. The molecular formula is C23H20F2N4O3. The normalized spacial score (nSPS) is 13.3. The van der Waals surface area contributed by atoms with E-state index in [2.05, 4.69) is 6.07 Å². The average Bonchev–Trinajstić information content (AvgIpc) is 3.13. The Kier molecular flexibility index (Phi) is 6.14. The summed E-state index contributed by atoms with van der Waals surface area (Å²) in [5.74, 6) is -1.29. The van der Waals surface area contributed by atoms with Crippen molar-refractivity contribution in [2.45, 2.75) is 26.4 Å². The summed E-state index contributed by atoms with van der Waals surface area (Å²) in [5, 5.41) is 15.4. The zero-order valence-corrected chi connectivity index (χ0v) is 17.3. The molecule has 2 aromatic carbocycles. The molecule has 0 amide bonds. The Bertz CT molecular complexity index is 1200. The molecule has 1 aliphatic rings. The maximum atomic E-state index is 14.3. The SMILES string of the molecule is CCOC(=O)ON1CCc2c(c(-c3cccc(C#N)c3)nn2Cc2ccc(F)cc2F)C1. The number of carbonyl (C=O) groups excluding carboxylic acids is 1. The third-order valence-electron chi connectivity index (χ3n) is 5.17. The van der Waals surface area contributed by atoms with Crippen LogP contribution in [0.1, 0.15) is 29.3 Å². The molecule has 0 N–H and O–H groups in total. The van der Waals surface area contributed by atoms with Gasteiger partial charge < -0.3 is 9.57 Å². The maximum absolute atomic E-state index is 14.3. The number of carbonyl (C=O) groups is 1. The Morgan fingerprint density at radius 1 is 1.25 bits per heavy atom. The number of benzene rings is 2. The lowest BCUT2D eigenvalue weighted by Gasteiger charge is -2.25. The molecule has 0 bridgehead atoms. The molecule has 2 heterocycles. The molecule has 0 unspecified atom stereocenters. The molecule has 0 aliphatic carbocycles. The second-order valence-corrected chi connectivity index (χ2v) is 7.25. The Hall–Kier alpha value is -3.77. The predicted molar refractivity (Wildman–Crippen MR) is 110 cm³/mol. The van der Waals surface area contributed by atoms with Crippen molar-refractivity contribution >= 4 is 6.16 Å². The highest BCUT2D eigenvalue weighted by Crippen LogP contribution is 2.31. The van der Waals surface area contributed by atoms with Crippen LogP contribution in [0.4, 0.5) is 13.6 Å². The zero-order valence-electron chi connectivity index (χ0n) is 17.3. The smallest absolute Gasteiger partial charge is 0.433 e. The fourth-order valence-electron chi connectivity index (χ4n) is 3.70. The van der Waals surface area contributed by atoms with Gasteiger partial charge in [0.15, 0.2) is 0 Å². The molecule has 1 aromatic heterocycles. The first-order valence-corrected chi connectivity index (χ1v) is 10.1. The van der Waals surface area contributed by atoms with Crippen LogP contribution >= 0.6 is 0 Å². The van der Waals surface area contributed by atoms with Crippen LogP contribution in [0.5, 0.6) is 0 Å². The summed E-state index contributed by atoms with van der Waals surface area (Å²) in [4.78, 5) is 17.0. The van der Waals surface area contributed by atoms with Gasteiger partial charge in [0.25, 0.3) is 0 Å². The first kappa shape index (κ1) is 21.5. The number of ether oxygens (including phenoxy) is 1. The molecule has 0 saturated heterocycles. The van der Waals surface area contributed by atoms with Crippen LogP contribution in [0.2, 0.25) is 0 Å². The lowest BCUT2D eigenvalue weighted by atomic mass is 10.0. The van der Waals surface area contributed by atoms with Crippen molar-refractivity contribution in [3.8, 4) is 17.3 Å². The average molecular weight is 438 g/mol. The van der Waals surface area contributed by atoms with Gasteiger partial charge >= 0.3 is 6.16 Å². The van der Waals surface area contributed by atoms with Crippen molar-refractivity contribution in [1.29, 1.82) is 5.26 Å². The topological polar surface area (TPSA) is 80.4 Å². The van der Waals surface area contributed by atoms with Gasteiger partial charge in [-0.25, -0.2) is 13.6 Å². The highest BCUT2D eigenvalue weighted by Gasteiger charge is 2.28. The molecule has 0 atom stereocenters. The standard InChI is InChI=1S/C23H20F2N4O3/c1-2-31-23(30)32-28-9-8-21-19(14-28)22(16-5-3-4-15(10-16)12-26)27-29(21)13-17-6-7-18(24)11-20(17)25/h3-7,10-11H,2,8-9,13-14H2,1H3. The Labute approximate surface area is 183 Å². The maximum Gasteiger partial charge on any atom is 0.527 e. The number of hydrogen-bond acceptors (Lipinski definition) is 6. The van der Waals surface area contributed by atoms with Crippen molar-refractivity contribution in [3.05, 3.63) is 76.5 Å². The van der Waals surface area contributed by atoms with E-state index < -0.39 is 17.8 Å². The Morgan fingerprint density at radius 2 is 2.09 bits per heavy atom. The van der Waals surface area contributed by atoms with Gasteiger partial charge in [-0.05, 0) is 25.1 Å². The van der Waals surface area contributed by atoms with Crippen molar-refractivity contribution < 1.29 is 23.1 Å². The molecule has 1 aliphatic heterocycles. The van der Waals surface area contributed by atoms with Gasteiger partial charge in [-0.2, -0.15) is 10.4 Å². The summed E-state index contributed by atoms with van der Waals surface area (Å²) in [6, 6.07) is 12.6. The van der Waals surface area contributed by atoms with Gasteiger partial charge in [0.05, 0.1) is 37.0 Å². The number of nitriles is 1. The van der Waals surface area contributed by atoms with Gasteiger partial charge in [0.1, 0.15) is 11.6 Å². The highest BCUT2D eigenvalue weighted by molar-refractivity contribution is 5.66. The van der Waals surface area contributed by atoms with E-state index in [1.807, 2.05) is 6.07 Å². The van der Waals surface area contributed by atoms with Crippen LogP contribution in [0.25, 0.3) is 11.3 Å². The number of aromatic nitrogens is 2. The van der Waals surface area contributed by atoms with Crippen LogP contribution in [0, 0.1) is 23.0 Å². The van der Waals surface area contributed by atoms with Gasteiger partial charge in [-0.3, -0.25) is 4.68 Å². The summed E-state index contributed by atoms with van der Waals surface area (Å²) < 4.78 is 34.1. The van der Waals surface area contributed by atoms with Crippen molar-refractivity contribution in [2.75, 3.05) is 13.2 Å². The van der Waals surface area contributed by atoms with Crippen LogP contribution in [-0.4, -0.2) is 34.2 Å². The fraction of sp³-hybridized carbons (Fsp3) is 0.261. The lowest BCUT2D eigenvalue weighted by molar-refractivity contribution is -0.137. The first-order valence-electron chi connectivity index (χ1n) is 10.1. The van der Waals surface area contributed by atoms with E-state index in [0.717, 1.165) is 22.9 Å². The Morgan fingerprint density at radius 3 is 2.84 bits per heavy atom.